The average Bonchev–Trinajstić information content (AvgIpc) is 2.54. The van der Waals surface area contributed by atoms with E-state index in [1.807, 2.05) is 6.07 Å². The maximum absolute atomic E-state index is 12.0. The molecule has 2 aromatic carbocycles. The highest BCUT2D eigenvalue weighted by Gasteiger charge is 2.14. The zero-order valence-electron chi connectivity index (χ0n) is 12.7. The quantitative estimate of drug-likeness (QED) is 0.785. The number of hydrogen-bond donors (Lipinski definition) is 2. The zero-order valence-corrected chi connectivity index (χ0v) is 14.3. The van der Waals surface area contributed by atoms with Crippen LogP contribution in [0.3, 0.4) is 0 Å². The van der Waals surface area contributed by atoms with Gasteiger partial charge in [-0.05, 0) is 30.3 Å². The third kappa shape index (κ3) is 4.26. The molecule has 1 aliphatic rings. The number of nitrogens with one attached hydrogen (secondary N) is 2. The third-order valence-corrected chi connectivity index (χ3v) is 3.75. The summed E-state index contributed by atoms with van der Waals surface area (Å²) in [6, 6.07) is 12.3. The van der Waals surface area contributed by atoms with Gasteiger partial charge in [-0.3, -0.25) is 9.59 Å². The molecule has 124 valence electrons. The second-order valence-electron chi connectivity index (χ2n) is 5.14. The van der Waals surface area contributed by atoms with Crippen LogP contribution in [-0.2, 0) is 9.59 Å². The monoisotopic (exact) mass is 390 g/mol. The third-order valence-electron chi connectivity index (χ3n) is 3.26. The first-order valence-electron chi connectivity index (χ1n) is 7.35. The van der Waals surface area contributed by atoms with Crippen molar-refractivity contribution in [3.05, 3.63) is 46.9 Å². The van der Waals surface area contributed by atoms with Crippen molar-refractivity contribution in [2.75, 3.05) is 23.8 Å². The van der Waals surface area contributed by atoms with Crippen molar-refractivity contribution < 1.29 is 19.1 Å². The molecule has 7 heteroatoms. The van der Waals surface area contributed by atoms with Crippen molar-refractivity contribution in [3.8, 4) is 11.5 Å². The predicted molar refractivity (Wildman–Crippen MR) is 93.5 cm³/mol. The van der Waals surface area contributed by atoms with Crippen molar-refractivity contribution in [2.24, 2.45) is 0 Å². The molecule has 0 bridgehead atoms. The van der Waals surface area contributed by atoms with Crippen LogP contribution >= 0.6 is 15.9 Å². The number of fused-ring (bicyclic) bond motifs is 1. The largest absolute Gasteiger partial charge is 0.486 e. The predicted octanol–water partition coefficient (Wildman–Crippen LogP) is 3.19. The Balaban J connectivity index is 1.56. The minimum atomic E-state index is -0.404. The van der Waals surface area contributed by atoms with E-state index < -0.39 is 5.91 Å². The van der Waals surface area contributed by atoms with Crippen molar-refractivity contribution in [3.63, 3.8) is 0 Å². The fraction of sp³-hybridized carbons (Fsp3) is 0.176. The Bertz CT molecular complexity index is 779. The smallest absolute Gasteiger partial charge is 0.233 e. The molecule has 0 spiro atoms. The van der Waals surface area contributed by atoms with Crippen molar-refractivity contribution >= 4 is 39.1 Å². The number of anilines is 2. The standard InChI is InChI=1S/C17H15BrN2O4/c18-11-2-1-3-12(8-11)19-16(21)10-17(22)20-13-4-5-14-15(9-13)24-7-6-23-14/h1-5,8-9H,6-7,10H2,(H,19,21)(H,20,22). The van der Waals surface area contributed by atoms with Gasteiger partial charge >= 0.3 is 0 Å². The van der Waals surface area contributed by atoms with Crippen LogP contribution in [0.5, 0.6) is 11.5 Å². The van der Waals surface area contributed by atoms with Crippen molar-refractivity contribution in [2.45, 2.75) is 6.42 Å². The highest BCUT2D eigenvalue weighted by atomic mass is 79.9. The summed E-state index contributed by atoms with van der Waals surface area (Å²) in [5, 5.41) is 5.35. The molecule has 0 radical (unpaired) electrons. The Kier molecular flexibility index (Phi) is 5.00. The molecule has 0 aliphatic carbocycles. The molecular formula is C17H15BrN2O4. The van der Waals surface area contributed by atoms with Gasteiger partial charge in [0.1, 0.15) is 19.6 Å². The van der Waals surface area contributed by atoms with Crippen LogP contribution in [-0.4, -0.2) is 25.0 Å². The molecule has 0 fully saturated rings. The van der Waals surface area contributed by atoms with Gasteiger partial charge in [-0.2, -0.15) is 0 Å². The molecule has 2 N–H and O–H groups in total. The molecule has 3 rings (SSSR count). The van der Waals surface area contributed by atoms with Crippen LogP contribution in [0.4, 0.5) is 11.4 Å². The summed E-state index contributed by atoms with van der Waals surface area (Å²) >= 11 is 3.32. The lowest BCUT2D eigenvalue weighted by Gasteiger charge is -2.19. The van der Waals surface area contributed by atoms with E-state index in [0.29, 0.717) is 36.1 Å². The first-order chi connectivity index (χ1) is 11.6. The van der Waals surface area contributed by atoms with Gasteiger partial charge in [0, 0.05) is 21.9 Å². The average molecular weight is 391 g/mol. The minimum absolute atomic E-state index is 0.277. The number of halogens is 1. The fourth-order valence-electron chi connectivity index (χ4n) is 2.24. The summed E-state index contributed by atoms with van der Waals surface area (Å²) in [5.74, 6) is 0.437. The molecular weight excluding hydrogens is 376 g/mol. The Morgan fingerprint density at radius 1 is 0.917 bits per heavy atom. The molecule has 0 aromatic heterocycles. The van der Waals surface area contributed by atoms with E-state index in [1.54, 1.807) is 36.4 Å². The van der Waals surface area contributed by atoms with Gasteiger partial charge in [0.2, 0.25) is 11.8 Å². The molecule has 1 aliphatic heterocycles. The topological polar surface area (TPSA) is 76.7 Å². The molecule has 24 heavy (non-hydrogen) atoms. The molecule has 0 unspecified atom stereocenters. The van der Waals surface area contributed by atoms with Crippen LogP contribution in [0, 0.1) is 0 Å². The Morgan fingerprint density at radius 3 is 2.29 bits per heavy atom. The zero-order chi connectivity index (χ0) is 16.9. The van der Waals surface area contributed by atoms with E-state index in [1.165, 1.54) is 0 Å². The van der Waals surface area contributed by atoms with E-state index in [0.717, 1.165) is 4.47 Å². The van der Waals surface area contributed by atoms with Crippen LogP contribution in [0.1, 0.15) is 6.42 Å². The van der Waals surface area contributed by atoms with Crippen LogP contribution in [0.2, 0.25) is 0 Å². The van der Waals surface area contributed by atoms with Crippen LogP contribution in [0.25, 0.3) is 0 Å². The van der Waals surface area contributed by atoms with Gasteiger partial charge in [0.15, 0.2) is 11.5 Å². The summed E-state index contributed by atoms with van der Waals surface area (Å²) < 4.78 is 11.7. The van der Waals surface area contributed by atoms with E-state index in [9.17, 15) is 9.59 Å². The number of rotatable bonds is 4. The van der Waals surface area contributed by atoms with E-state index in [2.05, 4.69) is 26.6 Å². The molecule has 2 aromatic rings. The number of amides is 2. The first-order valence-corrected chi connectivity index (χ1v) is 8.14. The van der Waals surface area contributed by atoms with Crippen molar-refractivity contribution in [1.82, 2.24) is 0 Å². The summed E-state index contributed by atoms with van der Waals surface area (Å²) in [6.07, 6.45) is -0.277. The van der Waals surface area contributed by atoms with Gasteiger partial charge in [-0.15, -0.1) is 0 Å². The van der Waals surface area contributed by atoms with Crippen molar-refractivity contribution in [1.29, 1.82) is 0 Å². The lowest BCUT2D eigenvalue weighted by Crippen LogP contribution is -2.21. The lowest BCUT2D eigenvalue weighted by atomic mass is 10.2. The van der Waals surface area contributed by atoms with Gasteiger partial charge in [0.05, 0.1) is 0 Å². The highest BCUT2D eigenvalue weighted by Crippen LogP contribution is 2.32. The van der Waals surface area contributed by atoms with Gasteiger partial charge in [-0.25, -0.2) is 0 Å². The lowest BCUT2D eigenvalue weighted by molar-refractivity contribution is -0.123. The van der Waals surface area contributed by atoms with E-state index in [4.69, 9.17) is 9.47 Å². The maximum Gasteiger partial charge on any atom is 0.233 e. The number of hydrogen-bond acceptors (Lipinski definition) is 4. The molecule has 0 saturated carbocycles. The Hall–Kier alpha value is -2.54. The van der Waals surface area contributed by atoms with E-state index >= 15 is 0 Å². The Labute approximate surface area is 147 Å². The van der Waals surface area contributed by atoms with E-state index in [-0.39, 0.29) is 12.3 Å². The van der Waals surface area contributed by atoms with Gasteiger partial charge < -0.3 is 20.1 Å². The SMILES string of the molecule is O=C(CC(=O)Nc1ccc2c(c1)OCCO2)Nc1cccc(Br)c1. The molecule has 0 atom stereocenters. The normalized spacial score (nSPS) is 12.4. The summed E-state index contributed by atoms with van der Waals surface area (Å²) in [5.41, 5.74) is 1.18. The number of carbonyl (C=O) groups excluding carboxylic acids is 2. The number of ether oxygens (including phenoxy) is 2. The van der Waals surface area contributed by atoms with Gasteiger partial charge in [0.25, 0.3) is 0 Å². The molecule has 1 heterocycles. The second kappa shape index (κ2) is 7.35. The highest BCUT2D eigenvalue weighted by molar-refractivity contribution is 9.10. The van der Waals surface area contributed by atoms with Gasteiger partial charge in [-0.1, -0.05) is 22.0 Å². The number of carbonyl (C=O) groups is 2. The summed E-state index contributed by atoms with van der Waals surface area (Å²) in [6.45, 7) is 0.980. The second-order valence-corrected chi connectivity index (χ2v) is 6.06. The molecule has 6 nitrogen and oxygen atoms in total. The maximum atomic E-state index is 12.0. The Morgan fingerprint density at radius 2 is 1.58 bits per heavy atom. The molecule has 0 saturated heterocycles. The summed E-state index contributed by atoms with van der Waals surface area (Å²) in [4.78, 5) is 23.9. The number of benzene rings is 2. The minimum Gasteiger partial charge on any atom is -0.486 e. The fourth-order valence-corrected chi connectivity index (χ4v) is 2.64. The first kappa shape index (κ1) is 16.3. The van der Waals surface area contributed by atoms with Crippen LogP contribution in [0.15, 0.2) is 46.9 Å². The van der Waals surface area contributed by atoms with Crippen LogP contribution < -0.4 is 20.1 Å². The summed E-state index contributed by atoms with van der Waals surface area (Å²) in [7, 11) is 0. The molecule has 2 amide bonds.